The number of para-hydroxylation sites is 1. The van der Waals surface area contributed by atoms with Crippen molar-refractivity contribution in [2.75, 3.05) is 24.1 Å². The van der Waals surface area contributed by atoms with Crippen molar-refractivity contribution < 1.29 is 8.42 Å². The molecule has 1 unspecified atom stereocenters. The Kier molecular flexibility index (Phi) is 11.4. The minimum Gasteiger partial charge on any atom is -0.357 e. The molecule has 3 N–H and O–H groups in total. The maximum atomic E-state index is 11.5. The van der Waals surface area contributed by atoms with Gasteiger partial charge >= 0.3 is 0 Å². The Morgan fingerprint density at radius 1 is 1.07 bits per heavy atom. The highest BCUT2D eigenvalue weighted by atomic mass is 127. The molecule has 160 valence electrons. The van der Waals surface area contributed by atoms with Gasteiger partial charge in [-0.2, -0.15) is 0 Å². The fourth-order valence-electron chi connectivity index (χ4n) is 2.48. The summed E-state index contributed by atoms with van der Waals surface area (Å²) in [7, 11) is -3.33. The minimum atomic E-state index is -3.33. The van der Waals surface area contributed by atoms with Crippen LogP contribution < -0.4 is 15.4 Å². The van der Waals surface area contributed by atoms with E-state index in [9.17, 15) is 8.42 Å². The molecule has 6 nitrogen and oxygen atoms in total. The number of hydrogen-bond acceptors (Lipinski definition) is 4. The van der Waals surface area contributed by atoms with Gasteiger partial charge < -0.3 is 10.6 Å². The number of benzene rings is 2. The van der Waals surface area contributed by atoms with Gasteiger partial charge in [-0.15, -0.1) is 35.7 Å². The lowest BCUT2D eigenvalue weighted by atomic mass is 10.2. The molecule has 0 heterocycles. The van der Waals surface area contributed by atoms with Crippen molar-refractivity contribution in [3.63, 3.8) is 0 Å². The first-order valence-electron chi connectivity index (χ1n) is 9.17. The largest absolute Gasteiger partial charge is 0.357 e. The zero-order valence-electron chi connectivity index (χ0n) is 16.9. The highest BCUT2D eigenvalue weighted by Crippen LogP contribution is 2.22. The van der Waals surface area contributed by atoms with Gasteiger partial charge in [-0.25, -0.2) is 13.4 Å². The van der Waals surface area contributed by atoms with Crippen LogP contribution in [0.3, 0.4) is 0 Å². The molecule has 29 heavy (non-hydrogen) atoms. The van der Waals surface area contributed by atoms with E-state index in [1.165, 1.54) is 4.90 Å². The predicted molar refractivity (Wildman–Crippen MR) is 135 cm³/mol. The fourth-order valence-corrected chi connectivity index (χ4v) is 4.02. The molecule has 0 radical (unpaired) electrons. The number of aliphatic imine (C=N–C) groups is 1. The molecule has 1 atom stereocenters. The highest BCUT2D eigenvalue weighted by Gasteiger charge is 2.08. The molecule has 2 aromatic rings. The van der Waals surface area contributed by atoms with Crippen molar-refractivity contribution in [1.29, 1.82) is 0 Å². The minimum absolute atomic E-state index is 0. The number of rotatable bonds is 9. The molecule has 0 aromatic heterocycles. The summed E-state index contributed by atoms with van der Waals surface area (Å²) in [5, 5.41) is 6.95. The molecule has 0 saturated heterocycles. The summed E-state index contributed by atoms with van der Waals surface area (Å²) in [6, 6.07) is 17.6. The van der Waals surface area contributed by atoms with Crippen molar-refractivity contribution in [1.82, 2.24) is 10.6 Å². The Bertz CT molecular complexity index is 877. The van der Waals surface area contributed by atoms with Crippen LogP contribution in [0.1, 0.15) is 19.4 Å². The average Bonchev–Trinajstić information content (AvgIpc) is 2.64. The van der Waals surface area contributed by atoms with E-state index in [0.717, 1.165) is 24.9 Å². The summed E-state index contributed by atoms with van der Waals surface area (Å²) in [5.41, 5.74) is 1.37. The maximum Gasteiger partial charge on any atom is 0.229 e. The molecule has 0 spiro atoms. The molecule has 0 aliphatic carbocycles. The van der Waals surface area contributed by atoms with E-state index in [0.29, 0.717) is 23.4 Å². The van der Waals surface area contributed by atoms with Crippen LogP contribution >= 0.6 is 35.7 Å². The van der Waals surface area contributed by atoms with E-state index < -0.39 is 10.0 Å². The van der Waals surface area contributed by atoms with E-state index >= 15 is 0 Å². The molecule has 0 aliphatic rings. The lowest BCUT2D eigenvalue weighted by Crippen LogP contribution is -2.40. The van der Waals surface area contributed by atoms with E-state index in [-0.39, 0.29) is 24.0 Å². The first-order valence-corrected chi connectivity index (χ1v) is 11.9. The van der Waals surface area contributed by atoms with Crippen LogP contribution in [0.4, 0.5) is 5.69 Å². The molecule has 0 saturated carbocycles. The second kappa shape index (κ2) is 13.0. The molecule has 0 bridgehead atoms. The first kappa shape index (κ1) is 25.6. The van der Waals surface area contributed by atoms with Crippen LogP contribution in [0.15, 0.2) is 64.5 Å². The second-order valence-electron chi connectivity index (χ2n) is 6.35. The monoisotopic (exact) mass is 548 g/mol. The van der Waals surface area contributed by atoms with Crippen molar-refractivity contribution in [3.05, 3.63) is 60.2 Å². The van der Waals surface area contributed by atoms with Gasteiger partial charge in [0, 0.05) is 23.2 Å². The molecular formula is C20H29IN4O2S2. The van der Waals surface area contributed by atoms with Crippen LogP contribution in [0, 0.1) is 0 Å². The predicted octanol–water partition coefficient (Wildman–Crippen LogP) is 3.91. The number of hydrogen-bond donors (Lipinski definition) is 3. The Morgan fingerprint density at radius 3 is 2.38 bits per heavy atom. The first-order chi connectivity index (χ1) is 13.4. The number of anilines is 1. The Morgan fingerprint density at radius 2 is 1.72 bits per heavy atom. The fraction of sp³-hybridized carbons (Fsp3) is 0.350. The summed E-state index contributed by atoms with van der Waals surface area (Å²) < 4.78 is 25.6. The van der Waals surface area contributed by atoms with Gasteiger partial charge in [0.05, 0.1) is 18.5 Å². The third-order valence-electron chi connectivity index (χ3n) is 3.70. The van der Waals surface area contributed by atoms with Gasteiger partial charge in [-0.3, -0.25) is 4.72 Å². The highest BCUT2D eigenvalue weighted by molar-refractivity contribution is 14.0. The van der Waals surface area contributed by atoms with Gasteiger partial charge in [-0.05, 0) is 30.7 Å². The van der Waals surface area contributed by atoms with Crippen LogP contribution in [0.5, 0.6) is 0 Å². The normalized spacial score (nSPS) is 12.6. The summed E-state index contributed by atoms with van der Waals surface area (Å²) >= 11 is 1.80. The molecule has 2 rings (SSSR count). The van der Waals surface area contributed by atoms with Crippen LogP contribution in [-0.2, 0) is 16.6 Å². The number of sulfonamides is 1. The quantitative estimate of drug-likeness (QED) is 0.192. The Balaban J connectivity index is 0.00000420. The third kappa shape index (κ3) is 10.2. The summed E-state index contributed by atoms with van der Waals surface area (Å²) in [5.74, 6) is 0.706. The van der Waals surface area contributed by atoms with Gasteiger partial charge in [0.25, 0.3) is 0 Å². The molecule has 0 aliphatic heterocycles. The van der Waals surface area contributed by atoms with E-state index in [1.807, 2.05) is 37.3 Å². The smallest absolute Gasteiger partial charge is 0.229 e. The van der Waals surface area contributed by atoms with Crippen molar-refractivity contribution in [2.24, 2.45) is 4.99 Å². The molecule has 2 aromatic carbocycles. The zero-order valence-corrected chi connectivity index (χ0v) is 20.8. The lowest BCUT2D eigenvalue weighted by molar-refractivity contribution is 0.606. The summed E-state index contributed by atoms with van der Waals surface area (Å²) in [4.78, 5) is 5.84. The van der Waals surface area contributed by atoms with E-state index in [2.05, 4.69) is 39.4 Å². The maximum absolute atomic E-state index is 11.5. The molecule has 0 fully saturated rings. The van der Waals surface area contributed by atoms with Gasteiger partial charge in [-0.1, -0.05) is 43.3 Å². The molecule has 0 amide bonds. The average molecular weight is 549 g/mol. The van der Waals surface area contributed by atoms with Crippen LogP contribution in [-0.4, -0.2) is 39.0 Å². The number of nitrogens with zero attached hydrogens (tertiary/aromatic N) is 1. The SMILES string of the molecule is CCNC(=NCc1ccccc1NS(C)(=O)=O)NCC(C)Sc1ccccc1.I. The molecule has 9 heteroatoms. The second-order valence-corrected chi connectivity index (χ2v) is 9.61. The summed E-state index contributed by atoms with van der Waals surface area (Å²) in [6.07, 6.45) is 1.14. The van der Waals surface area contributed by atoms with Gasteiger partial charge in [0.1, 0.15) is 0 Å². The van der Waals surface area contributed by atoms with Crippen LogP contribution in [0.2, 0.25) is 0 Å². The number of guanidine groups is 1. The zero-order chi connectivity index (χ0) is 20.4. The Labute approximate surface area is 195 Å². The number of halogens is 1. The van der Waals surface area contributed by atoms with Crippen molar-refractivity contribution >= 4 is 57.4 Å². The van der Waals surface area contributed by atoms with E-state index in [4.69, 9.17) is 0 Å². The van der Waals surface area contributed by atoms with Gasteiger partial charge in [0.2, 0.25) is 10.0 Å². The third-order valence-corrected chi connectivity index (χ3v) is 5.41. The van der Waals surface area contributed by atoms with Crippen molar-refractivity contribution in [3.8, 4) is 0 Å². The summed E-state index contributed by atoms with van der Waals surface area (Å²) in [6.45, 7) is 6.05. The van der Waals surface area contributed by atoms with E-state index in [1.54, 1.807) is 23.9 Å². The van der Waals surface area contributed by atoms with Crippen molar-refractivity contribution in [2.45, 2.75) is 30.5 Å². The topological polar surface area (TPSA) is 82.6 Å². The standard InChI is InChI=1S/C20H28N4O2S2.HI/c1-4-21-20(22-14-16(2)27-18-11-6-5-7-12-18)23-15-17-10-8-9-13-19(17)24-28(3,25)26;/h5-13,16,24H,4,14-15H2,1-3H3,(H2,21,22,23);1H. The van der Waals surface area contributed by atoms with Gasteiger partial charge in [0.15, 0.2) is 5.96 Å². The lowest BCUT2D eigenvalue weighted by Gasteiger charge is -2.16. The number of thioether (sulfide) groups is 1. The Hall–Kier alpha value is -1.46. The number of nitrogens with one attached hydrogen (secondary N) is 3. The molecular weight excluding hydrogens is 519 g/mol. The van der Waals surface area contributed by atoms with Crippen LogP contribution in [0.25, 0.3) is 0 Å².